The Morgan fingerprint density at radius 2 is 1.19 bits per heavy atom. The molecule has 9 heteroatoms. The van der Waals surface area contributed by atoms with E-state index >= 15 is 0 Å². The third-order valence-electron chi connectivity index (χ3n) is 3.77. The van der Waals surface area contributed by atoms with Gasteiger partial charge in [0.1, 0.15) is 15.6 Å². The smallest absolute Gasteiger partial charge is 0.305 e. The Hall–Kier alpha value is 0.460. The van der Waals surface area contributed by atoms with Crippen LogP contribution in [-0.2, 0) is 13.6 Å². The minimum absolute atomic E-state index is 0.00295. The summed E-state index contributed by atoms with van der Waals surface area (Å²) in [4.78, 5) is 3.82. The third kappa shape index (κ3) is 7.47. The van der Waals surface area contributed by atoms with Gasteiger partial charge in [-0.1, -0.05) is 98.8 Å². The number of nitrogens with zero attached hydrogens (tertiary/aromatic N) is 1. The van der Waals surface area contributed by atoms with Crippen LogP contribution in [0.2, 0.25) is 20.4 Å². The molecule has 0 bridgehead atoms. The average Bonchev–Trinajstić information content (AvgIpc) is 2.60. The summed E-state index contributed by atoms with van der Waals surface area (Å²) in [5.41, 5.74) is 0. The van der Waals surface area contributed by atoms with Crippen molar-refractivity contribution in [2.45, 2.75) is 65.2 Å². The second kappa shape index (κ2) is 12.8. The first-order valence-electron chi connectivity index (χ1n) is 8.97. The standard InChI is InChI=1S/C17H26Cl4NO3P/c1-3-5-7-9-11-24-26(23,25-12-10-8-6-4-2)15-13(18)16(20)22-17(21)14(15)19/h3-12H2,1-2H3. The van der Waals surface area contributed by atoms with Gasteiger partial charge in [-0.05, 0) is 12.8 Å². The number of rotatable bonds is 13. The monoisotopic (exact) mass is 463 g/mol. The molecule has 0 N–H and O–H groups in total. The van der Waals surface area contributed by atoms with Gasteiger partial charge >= 0.3 is 7.60 Å². The Balaban J connectivity index is 2.98. The summed E-state index contributed by atoms with van der Waals surface area (Å²) in [7, 11) is -3.77. The van der Waals surface area contributed by atoms with Crippen molar-refractivity contribution in [3.8, 4) is 0 Å². The normalized spacial score (nSPS) is 11.9. The zero-order valence-corrected chi connectivity index (χ0v) is 19.1. The van der Waals surface area contributed by atoms with Crippen LogP contribution in [0.4, 0.5) is 0 Å². The van der Waals surface area contributed by atoms with Crippen LogP contribution in [0.25, 0.3) is 0 Å². The summed E-state index contributed by atoms with van der Waals surface area (Å²) in [6, 6.07) is 0. The fourth-order valence-corrected chi connectivity index (χ4v) is 5.55. The molecule has 0 aliphatic rings. The molecule has 0 aromatic carbocycles. The maximum Gasteiger partial charge on any atom is 0.364 e. The molecule has 4 nitrogen and oxygen atoms in total. The molecule has 0 fully saturated rings. The SMILES string of the molecule is CCCCCCOP(=O)(OCCCCCC)c1c(Cl)c(Cl)nc(Cl)c1Cl. The van der Waals surface area contributed by atoms with Crippen LogP contribution >= 0.6 is 54.0 Å². The zero-order valence-electron chi connectivity index (χ0n) is 15.2. The van der Waals surface area contributed by atoms with E-state index in [-0.39, 0.29) is 38.9 Å². The Morgan fingerprint density at radius 3 is 1.58 bits per heavy atom. The molecule has 1 aromatic heterocycles. The maximum atomic E-state index is 13.5. The highest BCUT2D eigenvalue weighted by Gasteiger charge is 2.35. The lowest BCUT2D eigenvalue weighted by Gasteiger charge is -2.21. The number of halogens is 4. The van der Waals surface area contributed by atoms with Gasteiger partial charge in [-0.15, -0.1) is 0 Å². The molecule has 0 radical (unpaired) electrons. The zero-order chi connectivity index (χ0) is 19.6. The van der Waals surface area contributed by atoms with Gasteiger partial charge in [-0.3, -0.25) is 4.57 Å². The minimum atomic E-state index is -3.77. The lowest BCUT2D eigenvalue weighted by molar-refractivity contribution is 0.206. The van der Waals surface area contributed by atoms with Crippen molar-refractivity contribution in [1.82, 2.24) is 4.98 Å². The van der Waals surface area contributed by atoms with Gasteiger partial charge in [0.25, 0.3) is 0 Å². The molecule has 0 amide bonds. The molecule has 150 valence electrons. The Kier molecular flexibility index (Phi) is 12.1. The van der Waals surface area contributed by atoms with Crippen molar-refractivity contribution in [2.24, 2.45) is 0 Å². The molecule has 0 unspecified atom stereocenters. The predicted octanol–water partition coefficient (Wildman–Crippen LogP) is 7.71. The van der Waals surface area contributed by atoms with E-state index in [4.69, 9.17) is 55.5 Å². The van der Waals surface area contributed by atoms with Gasteiger partial charge < -0.3 is 9.05 Å². The van der Waals surface area contributed by atoms with Gasteiger partial charge in [-0.25, -0.2) is 4.98 Å². The Labute approximate surface area is 176 Å². The van der Waals surface area contributed by atoms with E-state index in [1.165, 1.54) is 0 Å². The van der Waals surface area contributed by atoms with Gasteiger partial charge in [0.2, 0.25) is 0 Å². The first-order chi connectivity index (χ1) is 12.4. The van der Waals surface area contributed by atoms with Gasteiger partial charge in [-0.2, -0.15) is 0 Å². The third-order valence-corrected chi connectivity index (χ3v) is 7.55. The average molecular weight is 465 g/mol. The molecular weight excluding hydrogens is 439 g/mol. The molecule has 0 saturated carbocycles. The first-order valence-corrected chi connectivity index (χ1v) is 12.0. The Morgan fingerprint density at radius 1 is 0.769 bits per heavy atom. The highest BCUT2D eigenvalue weighted by atomic mass is 35.5. The van der Waals surface area contributed by atoms with E-state index in [2.05, 4.69) is 18.8 Å². The second-order valence-corrected chi connectivity index (χ2v) is 9.39. The van der Waals surface area contributed by atoms with Crippen LogP contribution in [0.5, 0.6) is 0 Å². The summed E-state index contributed by atoms with van der Waals surface area (Å²) in [5.74, 6) is 0. The maximum absolute atomic E-state index is 13.5. The topological polar surface area (TPSA) is 48.4 Å². The van der Waals surface area contributed by atoms with Gasteiger partial charge in [0.05, 0.1) is 23.3 Å². The summed E-state index contributed by atoms with van der Waals surface area (Å²) in [6.45, 7) is 4.78. The Bertz CT molecular complexity index is 572. The molecular formula is C17H26Cl4NO3P. The number of hydrogen-bond donors (Lipinski definition) is 0. The fraction of sp³-hybridized carbons (Fsp3) is 0.706. The number of hydrogen-bond acceptors (Lipinski definition) is 4. The molecule has 0 aliphatic heterocycles. The van der Waals surface area contributed by atoms with Crippen molar-refractivity contribution >= 4 is 59.3 Å². The summed E-state index contributed by atoms with van der Waals surface area (Å²) in [6.07, 6.45) is 7.84. The molecule has 0 spiro atoms. The van der Waals surface area contributed by atoms with Gasteiger partial charge in [0.15, 0.2) is 0 Å². The summed E-state index contributed by atoms with van der Waals surface area (Å²) >= 11 is 24.4. The van der Waals surface area contributed by atoms with Crippen LogP contribution in [0.15, 0.2) is 0 Å². The van der Waals surface area contributed by atoms with Gasteiger partial charge in [0, 0.05) is 0 Å². The van der Waals surface area contributed by atoms with Crippen LogP contribution in [0, 0.1) is 0 Å². The van der Waals surface area contributed by atoms with Crippen LogP contribution in [-0.4, -0.2) is 18.2 Å². The second-order valence-electron chi connectivity index (χ2n) is 5.96. The van der Waals surface area contributed by atoms with Crippen molar-refractivity contribution in [3.63, 3.8) is 0 Å². The molecule has 1 heterocycles. The molecule has 0 saturated heterocycles. The molecule has 0 aliphatic carbocycles. The van der Waals surface area contributed by atoms with E-state index in [0.717, 1.165) is 51.4 Å². The largest absolute Gasteiger partial charge is 0.364 e. The van der Waals surface area contributed by atoms with E-state index in [1.807, 2.05) is 0 Å². The lowest BCUT2D eigenvalue weighted by atomic mass is 10.2. The summed E-state index contributed by atoms with van der Waals surface area (Å²) in [5, 5.41) is -0.268. The summed E-state index contributed by atoms with van der Waals surface area (Å²) < 4.78 is 24.8. The van der Waals surface area contributed by atoms with Crippen LogP contribution in [0.3, 0.4) is 0 Å². The van der Waals surface area contributed by atoms with E-state index in [0.29, 0.717) is 0 Å². The number of aromatic nitrogens is 1. The van der Waals surface area contributed by atoms with E-state index < -0.39 is 7.60 Å². The molecule has 26 heavy (non-hydrogen) atoms. The van der Waals surface area contributed by atoms with E-state index in [1.54, 1.807) is 0 Å². The van der Waals surface area contributed by atoms with Crippen molar-refractivity contribution < 1.29 is 13.6 Å². The highest BCUT2D eigenvalue weighted by molar-refractivity contribution is 7.62. The van der Waals surface area contributed by atoms with Crippen molar-refractivity contribution in [3.05, 3.63) is 20.4 Å². The quantitative estimate of drug-likeness (QED) is 0.170. The predicted molar refractivity (Wildman–Crippen MR) is 112 cm³/mol. The molecule has 1 rings (SSSR count). The first kappa shape index (κ1) is 24.5. The molecule has 1 aromatic rings. The van der Waals surface area contributed by atoms with Crippen molar-refractivity contribution in [2.75, 3.05) is 13.2 Å². The molecule has 0 atom stereocenters. The van der Waals surface area contributed by atoms with E-state index in [9.17, 15) is 4.57 Å². The number of unbranched alkanes of at least 4 members (excludes halogenated alkanes) is 6. The number of pyridine rings is 1. The minimum Gasteiger partial charge on any atom is -0.305 e. The van der Waals surface area contributed by atoms with Crippen LogP contribution < -0.4 is 5.30 Å². The van der Waals surface area contributed by atoms with Crippen molar-refractivity contribution in [1.29, 1.82) is 0 Å². The van der Waals surface area contributed by atoms with Crippen LogP contribution in [0.1, 0.15) is 65.2 Å². The highest BCUT2D eigenvalue weighted by Crippen LogP contribution is 2.52. The lowest BCUT2D eigenvalue weighted by Crippen LogP contribution is -2.16. The fourth-order valence-electron chi connectivity index (χ4n) is 2.31.